The van der Waals surface area contributed by atoms with Gasteiger partial charge in [0.1, 0.15) is 47.3 Å². The van der Waals surface area contributed by atoms with E-state index in [0.29, 0.717) is 11.6 Å². The fourth-order valence-electron chi connectivity index (χ4n) is 4.81. The monoisotopic (exact) mass is 530 g/mol. The SMILES string of the molecule is CC1CC(N)CC(c2ccncc2NC(=O)c2ccc(F)c(-c3c(F)cc(OCC(O)CO)cc3F)n2)C1. The summed E-state index contributed by atoms with van der Waals surface area (Å²) in [5.74, 6) is -3.83. The molecule has 1 aromatic carbocycles. The summed E-state index contributed by atoms with van der Waals surface area (Å²) >= 11 is 0. The molecule has 38 heavy (non-hydrogen) atoms. The molecule has 3 aromatic rings. The van der Waals surface area contributed by atoms with Crippen LogP contribution in [0.3, 0.4) is 0 Å². The predicted molar refractivity (Wildman–Crippen MR) is 134 cm³/mol. The van der Waals surface area contributed by atoms with Gasteiger partial charge in [-0.2, -0.15) is 0 Å². The summed E-state index contributed by atoms with van der Waals surface area (Å²) in [6.45, 7) is 1.13. The smallest absolute Gasteiger partial charge is 0.274 e. The minimum Gasteiger partial charge on any atom is -0.491 e. The number of aliphatic hydroxyl groups is 2. The molecule has 1 aliphatic carbocycles. The van der Waals surface area contributed by atoms with Crippen LogP contribution >= 0.6 is 0 Å². The summed E-state index contributed by atoms with van der Waals surface area (Å²) in [4.78, 5) is 21.1. The van der Waals surface area contributed by atoms with E-state index in [2.05, 4.69) is 22.2 Å². The Bertz CT molecular complexity index is 1280. The van der Waals surface area contributed by atoms with Crippen molar-refractivity contribution >= 4 is 11.6 Å². The Morgan fingerprint density at radius 2 is 1.89 bits per heavy atom. The van der Waals surface area contributed by atoms with Crippen molar-refractivity contribution in [1.82, 2.24) is 9.97 Å². The number of rotatable bonds is 8. The highest BCUT2D eigenvalue weighted by atomic mass is 19.1. The first-order valence-corrected chi connectivity index (χ1v) is 12.2. The van der Waals surface area contributed by atoms with Crippen LogP contribution in [0.4, 0.5) is 18.9 Å². The summed E-state index contributed by atoms with van der Waals surface area (Å²) in [6, 6.07) is 5.49. The highest BCUT2D eigenvalue weighted by Gasteiger charge is 2.28. The molecule has 5 N–H and O–H groups in total. The molecule has 2 heterocycles. The Hall–Kier alpha value is -3.54. The Morgan fingerprint density at radius 1 is 1.16 bits per heavy atom. The molecule has 8 nitrogen and oxygen atoms in total. The average molecular weight is 531 g/mol. The first-order valence-electron chi connectivity index (χ1n) is 12.2. The maximum absolute atomic E-state index is 14.8. The van der Waals surface area contributed by atoms with E-state index in [1.807, 2.05) is 6.07 Å². The van der Waals surface area contributed by atoms with Gasteiger partial charge in [0.15, 0.2) is 0 Å². The number of carbonyl (C=O) groups excluding carboxylic acids is 1. The molecule has 4 atom stereocenters. The molecule has 1 aliphatic rings. The molecule has 0 aliphatic heterocycles. The fourth-order valence-corrected chi connectivity index (χ4v) is 4.81. The molecule has 11 heteroatoms. The van der Waals surface area contributed by atoms with Gasteiger partial charge in [-0.05, 0) is 54.9 Å². The van der Waals surface area contributed by atoms with Gasteiger partial charge in [0.05, 0.1) is 24.1 Å². The van der Waals surface area contributed by atoms with Crippen LogP contribution in [0.2, 0.25) is 0 Å². The zero-order valence-electron chi connectivity index (χ0n) is 20.7. The van der Waals surface area contributed by atoms with Crippen molar-refractivity contribution in [2.75, 3.05) is 18.5 Å². The van der Waals surface area contributed by atoms with E-state index in [-0.39, 0.29) is 23.4 Å². The number of nitrogens with zero attached hydrogens (tertiary/aromatic N) is 2. The third-order valence-corrected chi connectivity index (χ3v) is 6.51. The minimum absolute atomic E-state index is 0.0446. The molecule has 0 bridgehead atoms. The highest BCUT2D eigenvalue weighted by molar-refractivity contribution is 6.03. The number of nitrogens with one attached hydrogen (secondary N) is 1. The van der Waals surface area contributed by atoms with Gasteiger partial charge in [0.25, 0.3) is 5.91 Å². The summed E-state index contributed by atoms with van der Waals surface area (Å²) in [5, 5.41) is 20.9. The first-order chi connectivity index (χ1) is 18.2. The number of halogens is 3. The molecule has 2 aromatic heterocycles. The second-order valence-corrected chi connectivity index (χ2v) is 9.62. The molecular weight excluding hydrogens is 501 g/mol. The van der Waals surface area contributed by atoms with Crippen LogP contribution in [0.5, 0.6) is 5.75 Å². The van der Waals surface area contributed by atoms with Crippen LogP contribution in [0, 0.1) is 23.4 Å². The maximum atomic E-state index is 14.8. The summed E-state index contributed by atoms with van der Waals surface area (Å²) in [5.41, 5.74) is 5.82. The fraction of sp³-hybridized carbons (Fsp3) is 0.370. The van der Waals surface area contributed by atoms with Gasteiger partial charge in [-0.3, -0.25) is 9.78 Å². The van der Waals surface area contributed by atoms with Crippen molar-refractivity contribution in [2.45, 2.75) is 44.2 Å². The Balaban J connectivity index is 1.59. The summed E-state index contributed by atoms with van der Waals surface area (Å²) < 4.78 is 49.4. The van der Waals surface area contributed by atoms with Crippen LogP contribution in [-0.4, -0.2) is 51.4 Å². The van der Waals surface area contributed by atoms with Crippen molar-refractivity contribution in [3.63, 3.8) is 0 Å². The van der Waals surface area contributed by atoms with E-state index in [1.165, 1.54) is 6.20 Å². The van der Waals surface area contributed by atoms with E-state index in [0.717, 1.165) is 49.1 Å². The van der Waals surface area contributed by atoms with Gasteiger partial charge in [0, 0.05) is 24.4 Å². The Kier molecular flexibility index (Phi) is 8.60. The third kappa shape index (κ3) is 6.29. The zero-order valence-corrected chi connectivity index (χ0v) is 20.7. The van der Waals surface area contributed by atoms with Crippen LogP contribution in [0.25, 0.3) is 11.3 Å². The quantitative estimate of drug-likeness (QED) is 0.349. The first kappa shape index (κ1) is 27.5. The van der Waals surface area contributed by atoms with Crippen LogP contribution in [0.15, 0.2) is 42.7 Å². The van der Waals surface area contributed by atoms with Crippen LogP contribution < -0.4 is 15.8 Å². The number of nitrogens with two attached hydrogens (primary N) is 1. The summed E-state index contributed by atoms with van der Waals surface area (Å²) in [6.07, 6.45) is 4.48. The van der Waals surface area contributed by atoms with Gasteiger partial charge in [-0.1, -0.05) is 6.92 Å². The number of carbonyl (C=O) groups is 1. The van der Waals surface area contributed by atoms with E-state index < -0.39 is 53.9 Å². The summed E-state index contributed by atoms with van der Waals surface area (Å²) in [7, 11) is 0. The largest absolute Gasteiger partial charge is 0.491 e. The number of anilines is 1. The van der Waals surface area contributed by atoms with Gasteiger partial charge in [-0.15, -0.1) is 0 Å². The van der Waals surface area contributed by atoms with Gasteiger partial charge >= 0.3 is 0 Å². The van der Waals surface area contributed by atoms with Crippen molar-refractivity contribution in [2.24, 2.45) is 11.7 Å². The topological polar surface area (TPSA) is 131 Å². The normalized spacial score (nSPS) is 20.1. The Labute approximate surface area is 217 Å². The second kappa shape index (κ2) is 11.9. The van der Waals surface area contributed by atoms with Crippen molar-refractivity contribution in [3.05, 3.63) is 71.4 Å². The molecule has 0 saturated heterocycles. The van der Waals surface area contributed by atoms with Gasteiger partial charge in [-0.25, -0.2) is 18.2 Å². The third-order valence-electron chi connectivity index (χ3n) is 6.51. The molecule has 0 radical (unpaired) electrons. The molecule has 4 rings (SSSR count). The lowest BCUT2D eigenvalue weighted by molar-refractivity contribution is 0.0534. The predicted octanol–water partition coefficient (Wildman–Crippen LogP) is 3.78. The number of ether oxygens (including phenoxy) is 1. The molecular formula is C27H29F3N4O4. The molecule has 0 spiro atoms. The molecule has 4 unspecified atom stereocenters. The average Bonchev–Trinajstić information content (AvgIpc) is 2.87. The molecule has 202 valence electrons. The maximum Gasteiger partial charge on any atom is 0.274 e. The van der Waals surface area contributed by atoms with Gasteiger partial charge < -0.3 is 26.0 Å². The minimum atomic E-state index is -1.24. The van der Waals surface area contributed by atoms with E-state index in [9.17, 15) is 23.1 Å². The van der Waals surface area contributed by atoms with Crippen LogP contribution in [0.1, 0.15) is 48.2 Å². The number of hydrogen-bond acceptors (Lipinski definition) is 7. The van der Waals surface area contributed by atoms with Gasteiger partial charge in [0.2, 0.25) is 0 Å². The van der Waals surface area contributed by atoms with E-state index >= 15 is 0 Å². The molecule has 1 fully saturated rings. The lowest BCUT2D eigenvalue weighted by atomic mass is 9.76. The lowest BCUT2D eigenvalue weighted by Gasteiger charge is -2.32. The zero-order chi connectivity index (χ0) is 27.4. The molecule has 1 amide bonds. The van der Waals surface area contributed by atoms with Crippen molar-refractivity contribution in [3.8, 4) is 17.0 Å². The number of amides is 1. The number of benzene rings is 1. The number of hydrogen-bond donors (Lipinski definition) is 4. The lowest BCUT2D eigenvalue weighted by Crippen LogP contribution is -2.31. The Morgan fingerprint density at radius 3 is 2.58 bits per heavy atom. The van der Waals surface area contributed by atoms with Crippen LogP contribution in [-0.2, 0) is 0 Å². The number of aliphatic hydroxyl groups excluding tert-OH is 2. The highest BCUT2D eigenvalue weighted by Crippen LogP contribution is 2.38. The van der Waals surface area contributed by atoms with Crippen molar-refractivity contribution in [1.29, 1.82) is 0 Å². The molecule has 1 saturated carbocycles. The van der Waals surface area contributed by atoms with E-state index in [4.69, 9.17) is 15.6 Å². The van der Waals surface area contributed by atoms with E-state index in [1.54, 1.807) is 6.20 Å². The number of aromatic nitrogens is 2. The second-order valence-electron chi connectivity index (χ2n) is 9.62. The standard InChI is InChI=1S/C27H29F3N4O4/c1-14-6-15(8-16(31)7-14)19-4-5-32-11-24(19)34-27(37)23-3-2-20(28)26(33-23)25-21(29)9-18(10-22(25)30)38-13-17(36)12-35/h2-5,9-11,14-17,35-36H,6-8,12-13,31H2,1H3,(H,34,37). The number of pyridine rings is 2. The van der Waals surface area contributed by atoms with Crippen molar-refractivity contribution < 1.29 is 32.9 Å².